The Morgan fingerprint density at radius 3 is 1.97 bits per heavy atom. The van der Waals surface area contributed by atoms with Gasteiger partial charge in [0.05, 0.1) is 26.9 Å². The average molecular weight is 435 g/mol. The molecule has 2 N–H and O–H groups in total. The summed E-state index contributed by atoms with van der Waals surface area (Å²) in [6.45, 7) is 7.34. The van der Waals surface area contributed by atoms with E-state index in [1.54, 1.807) is 14.2 Å². The van der Waals surface area contributed by atoms with Crippen molar-refractivity contribution in [2.45, 2.75) is 45.3 Å². The number of methoxy groups -OCH3 is 2. The minimum absolute atomic E-state index is 0.167. The fourth-order valence-corrected chi connectivity index (χ4v) is 4.06. The minimum Gasteiger partial charge on any atom is -0.497 e. The highest BCUT2D eigenvalue weighted by molar-refractivity contribution is 5.43. The molecule has 4 nitrogen and oxygen atoms in total. The van der Waals surface area contributed by atoms with E-state index in [9.17, 15) is 0 Å². The lowest BCUT2D eigenvalue weighted by Gasteiger charge is -2.21. The van der Waals surface area contributed by atoms with Crippen LogP contribution in [-0.4, -0.2) is 26.9 Å². The zero-order chi connectivity index (χ0) is 22.9. The Bertz CT molecular complexity index is 951. The van der Waals surface area contributed by atoms with Crippen molar-refractivity contribution in [3.63, 3.8) is 0 Å². The largest absolute Gasteiger partial charge is 0.497 e. The fourth-order valence-electron chi connectivity index (χ4n) is 4.06. The molecular weight excluding hydrogens is 398 g/mol. The van der Waals surface area contributed by atoms with Crippen molar-refractivity contribution in [3.05, 3.63) is 89.5 Å². The molecule has 4 heteroatoms. The number of benzene rings is 3. The Hall–Kier alpha value is -2.98. The van der Waals surface area contributed by atoms with Crippen LogP contribution in [0.4, 0.5) is 0 Å². The highest BCUT2D eigenvalue weighted by Gasteiger charge is 2.20. The number of nitrogens with two attached hydrogens (primary N) is 1. The van der Waals surface area contributed by atoms with E-state index in [1.807, 2.05) is 38.1 Å². The maximum absolute atomic E-state index is 5.84. The molecule has 170 valence electrons. The van der Waals surface area contributed by atoms with E-state index in [1.165, 1.54) is 16.7 Å². The first kappa shape index (κ1) is 23.7. The van der Waals surface area contributed by atoms with Crippen LogP contribution in [0, 0.1) is 0 Å². The van der Waals surface area contributed by atoms with Crippen LogP contribution in [0.15, 0.2) is 72.8 Å². The van der Waals surface area contributed by atoms with Gasteiger partial charge in [-0.1, -0.05) is 30.3 Å². The van der Waals surface area contributed by atoms with Gasteiger partial charge in [-0.05, 0) is 68.8 Å². The van der Waals surface area contributed by atoms with Crippen molar-refractivity contribution in [2.75, 3.05) is 20.8 Å². The summed E-state index contributed by atoms with van der Waals surface area (Å²) in [5.41, 5.74) is 3.80. The lowest BCUT2D eigenvalue weighted by atomic mass is 9.87. The molecule has 0 unspecified atom stereocenters. The average Bonchev–Trinajstić information content (AvgIpc) is 2.82. The fraction of sp³-hybridized carbons (Fsp3) is 0.357. The number of para-hydroxylation sites is 1. The zero-order valence-electron chi connectivity index (χ0n) is 19.9. The van der Waals surface area contributed by atoms with Crippen molar-refractivity contribution in [1.29, 1.82) is 0 Å². The molecule has 0 aliphatic rings. The molecule has 0 amide bonds. The minimum atomic E-state index is 0.167. The van der Waals surface area contributed by atoms with Gasteiger partial charge in [0, 0.05) is 23.5 Å². The second kappa shape index (κ2) is 11.6. The van der Waals surface area contributed by atoms with E-state index in [0.29, 0.717) is 6.04 Å². The zero-order valence-corrected chi connectivity index (χ0v) is 19.9. The van der Waals surface area contributed by atoms with Gasteiger partial charge >= 0.3 is 0 Å². The molecule has 2 atom stereocenters. The summed E-state index contributed by atoms with van der Waals surface area (Å²) in [7, 11) is 3.44. The molecule has 32 heavy (non-hydrogen) atoms. The van der Waals surface area contributed by atoms with Crippen molar-refractivity contribution in [2.24, 2.45) is 0 Å². The van der Waals surface area contributed by atoms with Crippen LogP contribution in [0.1, 0.15) is 55.8 Å². The maximum Gasteiger partial charge on any atom is 0.122 e. The summed E-state index contributed by atoms with van der Waals surface area (Å²) in [5, 5.41) is 2.40. The van der Waals surface area contributed by atoms with Crippen molar-refractivity contribution < 1.29 is 19.5 Å². The summed E-state index contributed by atoms with van der Waals surface area (Å²) in [5.74, 6) is 2.98. The summed E-state index contributed by atoms with van der Waals surface area (Å²) in [6, 6.07) is 25.6. The Kier molecular flexibility index (Phi) is 8.57. The summed E-state index contributed by atoms with van der Waals surface area (Å²) in [6.07, 6.45) is 1.17. The Labute approximate surface area is 192 Å². The van der Waals surface area contributed by atoms with Crippen molar-refractivity contribution in [1.82, 2.24) is 0 Å². The first-order valence-corrected chi connectivity index (χ1v) is 11.4. The van der Waals surface area contributed by atoms with Crippen LogP contribution in [0.3, 0.4) is 0 Å². The third-order valence-electron chi connectivity index (χ3n) is 5.79. The van der Waals surface area contributed by atoms with E-state index in [-0.39, 0.29) is 12.0 Å². The number of rotatable bonds is 11. The summed E-state index contributed by atoms with van der Waals surface area (Å²) < 4.78 is 16.8. The molecule has 3 aromatic rings. The standard InChI is InChI=1S/C28H35NO3/c1-20(2)32-25-16-12-23(13-17-25)26(27-8-6-7-9-28(27)31-5)18-19-29-21(3)22-10-14-24(30-4)15-11-22/h6-17,20-21,26,29H,18-19H2,1-5H3/p+1/t21-,26+/m0/s1. The predicted molar refractivity (Wildman–Crippen MR) is 130 cm³/mol. The van der Waals surface area contributed by atoms with Crippen LogP contribution in [-0.2, 0) is 0 Å². The number of quaternary nitrogens is 1. The normalized spacial score (nSPS) is 12.9. The van der Waals surface area contributed by atoms with Crippen LogP contribution >= 0.6 is 0 Å². The summed E-state index contributed by atoms with van der Waals surface area (Å²) >= 11 is 0. The molecule has 0 aliphatic heterocycles. The van der Waals surface area contributed by atoms with Gasteiger partial charge in [0.2, 0.25) is 0 Å². The predicted octanol–water partition coefficient (Wildman–Crippen LogP) is 5.34. The van der Waals surface area contributed by atoms with Gasteiger partial charge < -0.3 is 19.5 Å². The van der Waals surface area contributed by atoms with Crippen LogP contribution in [0.5, 0.6) is 17.2 Å². The van der Waals surface area contributed by atoms with Gasteiger partial charge in [-0.2, -0.15) is 0 Å². The molecule has 0 saturated heterocycles. The van der Waals surface area contributed by atoms with Gasteiger partial charge in [-0.3, -0.25) is 0 Å². The third-order valence-corrected chi connectivity index (χ3v) is 5.79. The molecule has 0 heterocycles. The molecule has 0 saturated carbocycles. The molecule has 0 fully saturated rings. The smallest absolute Gasteiger partial charge is 0.122 e. The van der Waals surface area contributed by atoms with Crippen LogP contribution in [0.2, 0.25) is 0 Å². The Morgan fingerprint density at radius 2 is 1.34 bits per heavy atom. The van der Waals surface area contributed by atoms with Gasteiger partial charge in [-0.25, -0.2) is 0 Å². The van der Waals surface area contributed by atoms with Gasteiger partial charge in [0.15, 0.2) is 0 Å². The lowest BCUT2D eigenvalue weighted by molar-refractivity contribution is -0.693. The topological polar surface area (TPSA) is 44.3 Å². The van der Waals surface area contributed by atoms with E-state index in [0.717, 1.165) is 30.2 Å². The van der Waals surface area contributed by atoms with E-state index in [4.69, 9.17) is 14.2 Å². The molecule has 3 rings (SSSR count). The van der Waals surface area contributed by atoms with Crippen molar-refractivity contribution in [3.8, 4) is 17.2 Å². The highest BCUT2D eigenvalue weighted by atomic mass is 16.5. The Morgan fingerprint density at radius 1 is 0.719 bits per heavy atom. The molecular formula is C28H36NO3+. The monoisotopic (exact) mass is 434 g/mol. The highest BCUT2D eigenvalue weighted by Crippen LogP contribution is 2.34. The quantitative estimate of drug-likeness (QED) is 0.443. The molecule has 0 aromatic heterocycles. The lowest BCUT2D eigenvalue weighted by Crippen LogP contribution is -2.84. The number of ether oxygens (including phenoxy) is 3. The van der Waals surface area contributed by atoms with Gasteiger partial charge in [0.25, 0.3) is 0 Å². The van der Waals surface area contributed by atoms with Gasteiger partial charge in [0.1, 0.15) is 23.3 Å². The second-order valence-corrected chi connectivity index (χ2v) is 8.41. The first-order valence-electron chi connectivity index (χ1n) is 11.4. The number of hydrogen-bond donors (Lipinski definition) is 1. The SMILES string of the molecule is COc1ccc([C@H](C)[NH2+]CC[C@H](c2ccc(OC(C)C)cc2)c2ccccc2OC)cc1. The first-order chi connectivity index (χ1) is 15.5. The molecule has 0 aliphatic carbocycles. The van der Waals surface area contributed by atoms with Crippen LogP contribution in [0.25, 0.3) is 0 Å². The number of hydrogen-bond acceptors (Lipinski definition) is 3. The molecule has 0 radical (unpaired) electrons. The second-order valence-electron chi connectivity index (χ2n) is 8.41. The van der Waals surface area contributed by atoms with Crippen molar-refractivity contribution >= 4 is 0 Å². The Balaban J connectivity index is 1.75. The van der Waals surface area contributed by atoms with E-state index >= 15 is 0 Å². The molecule has 3 aromatic carbocycles. The van der Waals surface area contributed by atoms with E-state index < -0.39 is 0 Å². The van der Waals surface area contributed by atoms with Gasteiger partial charge in [-0.15, -0.1) is 0 Å². The maximum atomic E-state index is 5.84. The van der Waals surface area contributed by atoms with Crippen LogP contribution < -0.4 is 19.5 Å². The third kappa shape index (κ3) is 6.27. The molecule has 0 bridgehead atoms. The molecule has 0 spiro atoms. The summed E-state index contributed by atoms with van der Waals surface area (Å²) in [4.78, 5) is 0. The van der Waals surface area contributed by atoms with E-state index in [2.05, 4.69) is 60.8 Å².